The minimum Gasteiger partial charge on any atom is -0.481 e. The number of alkyl halides is 3. The van der Waals surface area contributed by atoms with Crippen LogP contribution < -0.4 is 4.90 Å². The van der Waals surface area contributed by atoms with Gasteiger partial charge in [0.05, 0.1) is 17.2 Å². The third-order valence-corrected chi connectivity index (χ3v) is 4.29. The molecule has 116 valence electrons. The summed E-state index contributed by atoms with van der Waals surface area (Å²) in [7, 11) is 0. The first kappa shape index (κ1) is 16.1. The van der Waals surface area contributed by atoms with E-state index in [2.05, 4.69) is 15.9 Å². The van der Waals surface area contributed by atoms with E-state index in [1.807, 2.05) is 0 Å². The predicted molar refractivity (Wildman–Crippen MR) is 76.3 cm³/mol. The lowest BCUT2D eigenvalue weighted by molar-refractivity contribution is -0.143. The molecule has 1 aromatic carbocycles. The first-order valence-electron chi connectivity index (χ1n) is 6.56. The first-order chi connectivity index (χ1) is 9.70. The normalized spacial score (nSPS) is 23.2. The molecule has 0 aromatic heterocycles. The molecule has 21 heavy (non-hydrogen) atoms. The quantitative estimate of drug-likeness (QED) is 0.855. The van der Waals surface area contributed by atoms with Crippen LogP contribution in [0.2, 0.25) is 0 Å². The van der Waals surface area contributed by atoms with Crippen molar-refractivity contribution in [3.63, 3.8) is 0 Å². The molecule has 1 aliphatic heterocycles. The molecule has 0 aliphatic carbocycles. The van der Waals surface area contributed by atoms with Gasteiger partial charge < -0.3 is 10.0 Å². The Morgan fingerprint density at radius 2 is 2.10 bits per heavy atom. The number of anilines is 1. The van der Waals surface area contributed by atoms with Crippen LogP contribution in [-0.2, 0) is 11.0 Å². The van der Waals surface area contributed by atoms with E-state index in [9.17, 15) is 18.0 Å². The van der Waals surface area contributed by atoms with Crippen LogP contribution >= 0.6 is 15.9 Å². The van der Waals surface area contributed by atoms with Gasteiger partial charge >= 0.3 is 12.1 Å². The van der Waals surface area contributed by atoms with Crippen LogP contribution in [0.1, 0.15) is 25.3 Å². The second-order valence-corrected chi connectivity index (χ2v) is 6.18. The van der Waals surface area contributed by atoms with Gasteiger partial charge in [0.15, 0.2) is 0 Å². The number of benzene rings is 1. The fraction of sp³-hybridized carbons (Fsp3) is 0.500. The maximum absolute atomic E-state index is 13.1. The van der Waals surface area contributed by atoms with Crippen LogP contribution in [0.4, 0.5) is 18.9 Å². The maximum atomic E-state index is 13.1. The van der Waals surface area contributed by atoms with E-state index in [1.54, 1.807) is 11.8 Å². The van der Waals surface area contributed by atoms with E-state index in [-0.39, 0.29) is 11.7 Å². The lowest BCUT2D eigenvalue weighted by Crippen LogP contribution is -2.43. The Balaban J connectivity index is 2.34. The predicted octanol–water partition coefficient (Wildman–Crippen LogP) is 4.16. The summed E-state index contributed by atoms with van der Waals surface area (Å²) in [5, 5.41) is 9.03. The van der Waals surface area contributed by atoms with Crippen LogP contribution in [0, 0.1) is 5.92 Å². The number of nitrogens with zero attached hydrogens (tertiary/aromatic N) is 1. The second-order valence-electron chi connectivity index (χ2n) is 5.26. The summed E-state index contributed by atoms with van der Waals surface area (Å²) >= 11 is 3.20. The standard InChI is InChI=1S/C14H15BrF3NO2/c1-8-6-9(13(20)21)4-5-19(8)12-7-10(15)2-3-11(12)14(16,17)18/h2-3,7-9H,4-6H2,1H3,(H,20,21). The van der Waals surface area contributed by atoms with Gasteiger partial charge in [0.2, 0.25) is 0 Å². The highest BCUT2D eigenvalue weighted by atomic mass is 79.9. The van der Waals surface area contributed by atoms with Gasteiger partial charge in [0.1, 0.15) is 0 Å². The topological polar surface area (TPSA) is 40.5 Å². The van der Waals surface area contributed by atoms with Gasteiger partial charge in [-0.25, -0.2) is 0 Å². The highest BCUT2D eigenvalue weighted by Crippen LogP contribution is 2.40. The van der Waals surface area contributed by atoms with E-state index in [1.165, 1.54) is 12.1 Å². The molecular weight excluding hydrogens is 351 g/mol. The van der Waals surface area contributed by atoms with Crippen molar-refractivity contribution in [3.8, 4) is 0 Å². The summed E-state index contributed by atoms with van der Waals surface area (Å²) in [4.78, 5) is 12.7. The average molecular weight is 366 g/mol. The molecule has 1 aliphatic rings. The number of hydrogen-bond acceptors (Lipinski definition) is 2. The zero-order chi connectivity index (χ0) is 15.8. The van der Waals surface area contributed by atoms with Gasteiger partial charge in [-0.05, 0) is 38.0 Å². The van der Waals surface area contributed by atoms with Gasteiger partial charge in [-0.1, -0.05) is 15.9 Å². The lowest BCUT2D eigenvalue weighted by Gasteiger charge is -2.39. The third kappa shape index (κ3) is 3.51. The van der Waals surface area contributed by atoms with Crippen LogP contribution in [0.25, 0.3) is 0 Å². The van der Waals surface area contributed by atoms with E-state index in [0.29, 0.717) is 23.9 Å². The first-order valence-corrected chi connectivity index (χ1v) is 7.35. The average Bonchev–Trinajstić information content (AvgIpc) is 2.36. The van der Waals surface area contributed by atoms with E-state index >= 15 is 0 Å². The minimum absolute atomic E-state index is 0.105. The molecule has 1 saturated heterocycles. The van der Waals surface area contributed by atoms with Gasteiger partial charge in [-0.3, -0.25) is 4.79 Å². The lowest BCUT2D eigenvalue weighted by atomic mass is 9.91. The van der Waals surface area contributed by atoms with Crippen molar-refractivity contribution in [3.05, 3.63) is 28.2 Å². The van der Waals surface area contributed by atoms with Crippen molar-refractivity contribution in [2.45, 2.75) is 32.0 Å². The van der Waals surface area contributed by atoms with Gasteiger partial charge in [0, 0.05) is 17.1 Å². The highest BCUT2D eigenvalue weighted by Gasteiger charge is 2.38. The molecule has 1 aromatic rings. The number of carboxylic acids is 1. The van der Waals surface area contributed by atoms with E-state index in [4.69, 9.17) is 5.11 Å². The van der Waals surface area contributed by atoms with Gasteiger partial charge in [-0.15, -0.1) is 0 Å². The molecule has 1 fully saturated rings. The van der Waals surface area contributed by atoms with E-state index in [0.717, 1.165) is 6.07 Å². The number of halogens is 4. The summed E-state index contributed by atoms with van der Waals surface area (Å²) in [6.07, 6.45) is -3.73. The van der Waals surface area contributed by atoms with Crippen molar-refractivity contribution in [1.82, 2.24) is 0 Å². The number of aliphatic carboxylic acids is 1. The highest BCUT2D eigenvalue weighted by molar-refractivity contribution is 9.10. The maximum Gasteiger partial charge on any atom is 0.418 e. The Kier molecular flexibility index (Phi) is 4.51. The number of hydrogen-bond donors (Lipinski definition) is 1. The number of piperidine rings is 1. The molecule has 3 nitrogen and oxygen atoms in total. The Morgan fingerprint density at radius 3 is 2.62 bits per heavy atom. The summed E-state index contributed by atoms with van der Waals surface area (Å²) in [5.74, 6) is -1.37. The molecule has 1 N–H and O–H groups in total. The SMILES string of the molecule is CC1CC(C(=O)O)CCN1c1cc(Br)ccc1C(F)(F)F. The monoisotopic (exact) mass is 365 g/mol. The Hall–Kier alpha value is -1.24. The Bertz CT molecular complexity index is 548. The van der Waals surface area contributed by atoms with Crippen LogP contribution in [0.3, 0.4) is 0 Å². The molecule has 0 saturated carbocycles. The molecule has 2 rings (SSSR count). The van der Waals surface area contributed by atoms with Gasteiger partial charge in [0.25, 0.3) is 0 Å². The van der Waals surface area contributed by atoms with Crippen LogP contribution in [0.15, 0.2) is 22.7 Å². The van der Waals surface area contributed by atoms with Gasteiger partial charge in [-0.2, -0.15) is 13.2 Å². The molecule has 2 atom stereocenters. The second kappa shape index (κ2) is 5.87. The smallest absolute Gasteiger partial charge is 0.418 e. The number of rotatable bonds is 2. The summed E-state index contributed by atoms with van der Waals surface area (Å²) in [6, 6.07) is 3.60. The summed E-state index contributed by atoms with van der Waals surface area (Å²) in [5.41, 5.74) is -0.584. The Morgan fingerprint density at radius 1 is 1.43 bits per heavy atom. The minimum atomic E-state index is -4.43. The largest absolute Gasteiger partial charge is 0.481 e. The van der Waals surface area contributed by atoms with Crippen molar-refractivity contribution in [1.29, 1.82) is 0 Å². The third-order valence-electron chi connectivity index (χ3n) is 3.80. The molecule has 2 unspecified atom stereocenters. The molecule has 0 spiro atoms. The fourth-order valence-corrected chi connectivity index (χ4v) is 3.09. The molecular formula is C14H15BrF3NO2. The number of carboxylic acid groups (broad SMARTS) is 1. The fourth-order valence-electron chi connectivity index (χ4n) is 2.74. The summed E-state index contributed by atoms with van der Waals surface area (Å²) in [6.45, 7) is 2.06. The van der Waals surface area contributed by atoms with E-state index < -0.39 is 23.6 Å². The molecule has 0 amide bonds. The summed E-state index contributed by atoms with van der Waals surface area (Å²) < 4.78 is 40.0. The van der Waals surface area contributed by atoms with Crippen molar-refractivity contribution >= 4 is 27.6 Å². The zero-order valence-corrected chi connectivity index (χ0v) is 12.9. The van der Waals surface area contributed by atoms with Crippen molar-refractivity contribution in [2.75, 3.05) is 11.4 Å². The molecule has 0 radical (unpaired) electrons. The van der Waals surface area contributed by atoms with Crippen molar-refractivity contribution < 1.29 is 23.1 Å². The molecule has 1 heterocycles. The zero-order valence-electron chi connectivity index (χ0n) is 11.3. The van der Waals surface area contributed by atoms with Crippen molar-refractivity contribution in [2.24, 2.45) is 5.92 Å². The molecule has 7 heteroatoms. The molecule has 0 bridgehead atoms. The Labute approximate surface area is 128 Å². The van der Waals surface area contributed by atoms with Crippen LogP contribution in [0.5, 0.6) is 0 Å². The number of carbonyl (C=O) groups is 1. The van der Waals surface area contributed by atoms with Crippen LogP contribution in [-0.4, -0.2) is 23.7 Å².